The molecule has 1 fully saturated rings. The third-order valence-corrected chi connectivity index (χ3v) is 4.25. The van der Waals surface area contributed by atoms with Gasteiger partial charge in [-0.3, -0.25) is 4.79 Å². The first kappa shape index (κ1) is 13.6. The summed E-state index contributed by atoms with van der Waals surface area (Å²) >= 11 is 3.46. The number of piperidine rings is 1. The van der Waals surface area contributed by atoms with Crippen LogP contribution in [0.2, 0.25) is 0 Å². The molecule has 18 heavy (non-hydrogen) atoms. The highest BCUT2D eigenvalue weighted by molar-refractivity contribution is 9.10. The van der Waals surface area contributed by atoms with E-state index in [2.05, 4.69) is 33.2 Å². The van der Waals surface area contributed by atoms with Gasteiger partial charge < -0.3 is 10.2 Å². The fraction of sp³-hybridized carbons (Fsp3) is 0.500. The molecule has 1 aliphatic heterocycles. The predicted octanol–water partition coefficient (Wildman–Crippen LogP) is 2.58. The lowest BCUT2D eigenvalue weighted by Crippen LogP contribution is -2.46. The van der Waals surface area contributed by atoms with Gasteiger partial charge in [0.2, 0.25) is 0 Å². The Hall–Kier alpha value is -0.870. The molecule has 4 heteroatoms. The first-order valence-corrected chi connectivity index (χ1v) is 7.11. The lowest BCUT2D eigenvalue weighted by Gasteiger charge is -2.30. The van der Waals surface area contributed by atoms with Crippen LogP contribution in [0.4, 0.5) is 0 Å². The lowest BCUT2D eigenvalue weighted by molar-refractivity contribution is 0.0912. The first-order valence-electron chi connectivity index (χ1n) is 6.32. The van der Waals surface area contributed by atoms with Crippen LogP contribution in [0.3, 0.4) is 0 Å². The Morgan fingerprint density at radius 1 is 1.50 bits per heavy atom. The zero-order valence-corrected chi connectivity index (χ0v) is 12.5. The van der Waals surface area contributed by atoms with Crippen LogP contribution in [0.25, 0.3) is 0 Å². The van der Waals surface area contributed by atoms with E-state index in [1.807, 2.05) is 25.1 Å². The van der Waals surface area contributed by atoms with E-state index in [0.29, 0.717) is 0 Å². The number of carbonyl (C=O) groups is 1. The average Bonchev–Trinajstić information content (AvgIpc) is 2.32. The van der Waals surface area contributed by atoms with E-state index in [4.69, 9.17) is 0 Å². The molecule has 0 spiro atoms. The fourth-order valence-electron chi connectivity index (χ4n) is 2.29. The first-order chi connectivity index (χ1) is 8.56. The van der Waals surface area contributed by atoms with Gasteiger partial charge in [-0.05, 0) is 51.1 Å². The molecule has 0 saturated carbocycles. The van der Waals surface area contributed by atoms with Crippen LogP contribution >= 0.6 is 15.9 Å². The SMILES string of the molecule is Cc1ccc(C(=O)NC2CCCN(C)C2)cc1Br. The molecule has 0 aliphatic carbocycles. The molecule has 1 atom stereocenters. The minimum atomic E-state index is 0.0241. The number of nitrogens with zero attached hydrogens (tertiary/aromatic N) is 1. The second-order valence-electron chi connectivity index (χ2n) is 5.04. The van der Waals surface area contributed by atoms with Crippen molar-refractivity contribution in [1.82, 2.24) is 10.2 Å². The highest BCUT2D eigenvalue weighted by atomic mass is 79.9. The van der Waals surface area contributed by atoms with E-state index in [0.717, 1.165) is 41.5 Å². The van der Waals surface area contributed by atoms with Crippen molar-refractivity contribution in [1.29, 1.82) is 0 Å². The number of nitrogens with one attached hydrogen (secondary N) is 1. The summed E-state index contributed by atoms with van der Waals surface area (Å²) in [6.07, 6.45) is 2.22. The molecule has 2 rings (SSSR count). The van der Waals surface area contributed by atoms with Crippen LogP contribution in [0, 0.1) is 6.92 Å². The van der Waals surface area contributed by atoms with Gasteiger partial charge in [-0.1, -0.05) is 22.0 Å². The summed E-state index contributed by atoms with van der Waals surface area (Å²) in [7, 11) is 2.10. The summed E-state index contributed by atoms with van der Waals surface area (Å²) in [6.45, 7) is 4.09. The van der Waals surface area contributed by atoms with Gasteiger partial charge in [0.25, 0.3) is 5.91 Å². The summed E-state index contributed by atoms with van der Waals surface area (Å²) < 4.78 is 0.982. The van der Waals surface area contributed by atoms with Crippen LogP contribution in [0.5, 0.6) is 0 Å². The minimum absolute atomic E-state index is 0.0241. The van der Waals surface area contributed by atoms with Crippen molar-refractivity contribution >= 4 is 21.8 Å². The molecule has 1 N–H and O–H groups in total. The number of hydrogen-bond donors (Lipinski definition) is 1. The molecule has 1 aliphatic rings. The van der Waals surface area contributed by atoms with Gasteiger partial charge in [-0.25, -0.2) is 0 Å². The maximum absolute atomic E-state index is 12.1. The van der Waals surface area contributed by atoms with Crippen LogP contribution in [0.15, 0.2) is 22.7 Å². The average molecular weight is 311 g/mol. The van der Waals surface area contributed by atoms with Crippen molar-refractivity contribution in [3.8, 4) is 0 Å². The van der Waals surface area contributed by atoms with Crippen LogP contribution in [-0.4, -0.2) is 37.0 Å². The van der Waals surface area contributed by atoms with E-state index < -0.39 is 0 Å². The second kappa shape index (κ2) is 5.85. The number of rotatable bonds is 2. The molecule has 1 unspecified atom stereocenters. The van der Waals surface area contributed by atoms with Gasteiger partial charge in [-0.2, -0.15) is 0 Å². The quantitative estimate of drug-likeness (QED) is 0.910. The summed E-state index contributed by atoms with van der Waals surface area (Å²) in [5, 5.41) is 3.11. The van der Waals surface area contributed by atoms with E-state index in [-0.39, 0.29) is 11.9 Å². The number of likely N-dealkylation sites (tertiary alicyclic amines) is 1. The van der Waals surface area contributed by atoms with E-state index >= 15 is 0 Å². The number of amides is 1. The zero-order valence-electron chi connectivity index (χ0n) is 10.9. The van der Waals surface area contributed by atoms with Gasteiger partial charge >= 0.3 is 0 Å². The Bertz CT molecular complexity index is 447. The van der Waals surface area contributed by atoms with Crippen LogP contribution in [-0.2, 0) is 0 Å². The Kier molecular flexibility index (Phi) is 4.40. The van der Waals surface area contributed by atoms with Crippen LogP contribution in [0.1, 0.15) is 28.8 Å². The fourth-order valence-corrected chi connectivity index (χ4v) is 2.67. The Morgan fingerprint density at radius 2 is 2.28 bits per heavy atom. The van der Waals surface area contributed by atoms with Gasteiger partial charge in [-0.15, -0.1) is 0 Å². The summed E-state index contributed by atoms with van der Waals surface area (Å²) in [4.78, 5) is 14.4. The Morgan fingerprint density at radius 3 is 2.94 bits per heavy atom. The molecule has 1 aromatic rings. The number of hydrogen-bond acceptors (Lipinski definition) is 2. The predicted molar refractivity (Wildman–Crippen MR) is 76.9 cm³/mol. The summed E-state index contributed by atoms with van der Waals surface area (Å²) in [5.41, 5.74) is 1.87. The van der Waals surface area contributed by atoms with Crippen molar-refractivity contribution in [2.75, 3.05) is 20.1 Å². The molecule has 0 bridgehead atoms. The standard InChI is InChI=1S/C14H19BrN2O/c1-10-5-6-11(8-13(10)15)14(18)16-12-4-3-7-17(2)9-12/h5-6,8,12H,3-4,7,9H2,1-2H3,(H,16,18). The Balaban J connectivity index is 2.00. The van der Waals surface area contributed by atoms with Crippen LogP contribution < -0.4 is 5.32 Å². The molecular weight excluding hydrogens is 292 g/mol. The molecule has 0 radical (unpaired) electrons. The normalized spacial score (nSPS) is 20.7. The maximum atomic E-state index is 12.1. The third-order valence-electron chi connectivity index (χ3n) is 3.39. The largest absolute Gasteiger partial charge is 0.348 e. The molecule has 1 aromatic carbocycles. The maximum Gasteiger partial charge on any atom is 0.251 e. The summed E-state index contributed by atoms with van der Waals surface area (Å²) in [5.74, 6) is 0.0241. The van der Waals surface area contributed by atoms with Crippen molar-refractivity contribution in [3.05, 3.63) is 33.8 Å². The topological polar surface area (TPSA) is 32.3 Å². The Labute approximate surface area is 117 Å². The van der Waals surface area contributed by atoms with Crippen molar-refractivity contribution in [2.45, 2.75) is 25.8 Å². The molecule has 1 heterocycles. The molecule has 3 nitrogen and oxygen atoms in total. The van der Waals surface area contributed by atoms with Crippen molar-refractivity contribution < 1.29 is 4.79 Å². The minimum Gasteiger partial charge on any atom is -0.348 e. The van der Waals surface area contributed by atoms with E-state index in [1.165, 1.54) is 0 Å². The van der Waals surface area contributed by atoms with Gasteiger partial charge in [0.1, 0.15) is 0 Å². The van der Waals surface area contributed by atoms with Gasteiger partial charge in [0.05, 0.1) is 0 Å². The molecule has 1 amide bonds. The molecule has 0 aromatic heterocycles. The number of carbonyl (C=O) groups excluding carboxylic acids is 1. The monoisotopic (exact) mass is 310 g/mol. The number of halogens is 1. The van der Waals surface area contributed by atoms with E-state index in [1.54, 1.807) is 0 Å². The lowest BCUT2D eigenvalue weighted by atomic mass is 10.1. The highest BCUT2D eigenvalue weighted by Gasteiger charge is 2.19. The number of benzene rings is 1. The van der Waals surface area contributed by atoms with Gasteiger partial charge in [0, 0.05) is 22.6 Å². The second-order valence-corrected chi connectivity index (χ2v) is 5.89. The summed E-state index contributed by atoms with van der Waals surface area (Å²) in [6, 6.07) is 6.00. The van der Waals surface area contributed by atoms with Gasteiger partial charge in [0.15, 0.2) is 0 Å². The van der Waals surface area contributed by atoms with Crippen molar-refractivity contribution in [3.63, 3.8) is 0 Å². The number of aryl methyl sites for hydroxylation is 1. The molecule has 98 valence electrons. The third kappa shape index (κ3) is 3.33. The van der Waals surface area contributed by atoms with Crippen molar-refractivity contribution in [2.24, 2.45) is 0 Å². The zero-order chi connectivity index (χ0) is 13.1. The number of likely N-dealkylation sites (N-methyl/N-ethyl adjacent to an activating group) is 1. The molecular formula is C14H19BrN2O. The smallest absolute Gasteiger partial charge is 0.251 e. The highest BCUT2D eigenvalue weighted by Crippen LogP contribution is 2.18. The molecule has 1 saturated heterocycles. The van der Waals surface area contributed by atoms with E-state index in [9.17, 15) is 4.79 Å².